The first kappa shape index (κ1) is 40.4. The molecule has 8 nitrogen and oxygen atoms in total. The van der Waals surface area contributed by atoms with E-state index in [-0.39, 0.29) is 47.9 Å². The lowest BCUT2D eigenvalue weighted by molar-refractivity contribution is -0.136. The minimum Gasteiger partial charge on any atom is -0.457 e. The van der Waals surface area contributed by atoms with Crippen molar-refractivity contribution in [3.05, 3.63) is 95.3 Å². The van der Waals surface area contributed by atoms with E-state index in [1.807, 2.05) is 60.7 Å². The van der Waals surface area contributed by atoms with Crippen molar-refractivity contribution in [1.82, 2.24) is 19.4 Å². The lowest BCUT2D eigenvalue weighted by Crippen LogP contribution is -2.61. The Kier molecular flexibility index (Phi) is 12.0. The molecular formula is C44H61FN4O4S. The molecule has 54 heavy (non-hydrogen) atoms. The number of amides is 1. The first-order chi connectivity index (χ1) is 25.4. The number of carbonyl (C=O) groups is 1. The molecule has 1 amide bonds. The molecule has 1 heterocycles. The van der Waals surface area contributed by atoms with Crippen molar-refractivity contribution < 1.29 is 22.3 Å². The lowest BCUT2D eigenvalue weighted by Gasteiger charge is -2.62. The number of hydrogen-bond donors (Lipinski definition) is 1. The smallest absolute Gasteiger partial charge is 0.238 e. The summed E-state index contributed by atoms with van der Waals surface area (Å²) >= 11 is 0. The summed E-state index contributed by atoms with van der Waals surface area (Å²) in [4.78, 5) is 18.3. The zero-order chi connectivity index (χ0) is 39.0. The lowest BCUT2D eigenvalue weighted by atomic mass is 9.45. The molecule has 0 spiro atoms. The number of sulfonamides is 1. The molecular weight excluding hydrogens is 700 g/mol. The van der Waals surface area contributed by atoms with Gasteiger partial charge in [0.25, 0.3) is 0 Å². The van der Waals surface area contributed by atoms with E-state index in [0.29, 0.717) is 53.3 Å². The molecule has 1 unspecified atom stereocenters. The van der Waals surface area contributed by atoms with Gasteiger partial charge in [-0.2, -0.15) is 4.31 Å². The molecule has 1 aliphatic heterocycles. The molecule has 3 aromatic rings. The standard InChI is InChI=1S/C44H61FN4O4S/c1-30-37-23-33(44(37,5)6)24-39(30)46-42(50)40-20-21-54(51,52)49(40)27-32-15-12-14-31(22-32)26-48(34(28-47(7)8)25-43(2,3)4)29-36-38(45)18-13-19-41(36)53-35-16-10-9-11-17-35/h9-19,22,30,33-34,37,39-40H,20-21,23-29H2,1-8H3,(H,46,50)/t30-,33-,34-,37+,39-,40?/m0/s1. The second kappa shape index (κ2) is 16.0. The highest BCUT2D eigenvalue weighted by Crippen LogP contribution is 2.61. The molecule has 2 bridgehead atoms. The predicted octanol–water partition coefficient (Wildman–Crippen LogP) is 8.08. The minimum atomic E-state index is -3.61. The molecule has 4 fully saturated rings. The van der Waals surface area contributed by atoms with Crippen LogP contribution in [0.3, 0.4) is 0 Å². The summed E-state index contributed by atoms with van der Waals surface area (Å²) in [5, 5.41) is 3.30. The number of para-hydroxylation sites is 1. The van der Waals surface area contributed by atoms with Crippen LogP contribution in [-0.4, -0.2) is 72.9 Å². The average Bonchev–Trinajstić information content (AvgIpc) is 3.39. The molecule has 1 saturated heterocycles. The highest BCUT2D eigenvalue weighted by molar-refractivity contribution is 7.89. The number of nitrogens with zero attached hydrogens (tertiary/aromatic N) is 3. The third-order valence-electron chi connectivity index (χ3n) is 12.4. The summed E-state index contributed by atoms with van der Waals surface area (Å²) in [7, 11) is 0.504. The third-order valence-corrected chi connectivity index (χ3v) is 14.3. The van der Waals surface area contributed by atoms with Gasteiger partial charge in [0, 0.05) is 43.8 Å². The van der Waals surface area contributed by atoms with E-state index < -0.39 is 16.1 Å². The van der Waals surface area contributed by atoms with E-state index in [0.717, 1.165) is 30.5 Å². The molecule has 3 aromatic carbocycles. The van der Waals surface area contributed by atoms with E-state index in [9.17, 15) is 13.2 Å². The zero-order valence-corrected chi connectivity index (χ0v) is 34.3. The van der Waals surface area contributed by atoms with Gasteiger partial charge in [0.05, 0.1) is 5.75 Å². The van der Waals surface area contributed by atoms with E-state index >= 15 is 4.39 Å². The largest absolute Gasteiger partial charge is 0.457 e. The number of likely N-dealkylation sites (N-methyl/N-ethyl adjacent to an activating group) is 1. The normalized spacial score (nSPS) is 25.4. The Balaban J connectivity index is 1.24. The van der Waals surface area contributed by atoms with Crippen LogP contribution in [-0.2, 0) is 34.5 Å². The van der Waals surface area contributed by atoms with Crippen LogP contribution in [0.25, 0.3) is 0 Å². The van der Waals surface area contributed by atoms with Gasteiger partial charge in [-0.1, -0.05) is 90.1 Å². The maximum atomic E-state index is 15.8. The van der Waals surface area contributed by atoms with E-state index in [2.05, 4.69) is 70.8 Å². The number of halogens is 1. The average molecular weight is 761 g/mol. The van der Waals surface area contributed by atoms with E-state index in [4.69, 9.17) is 4.74 Å². The molecule has 294 valence electrons. The van der Waals surface area contributed by atoms with Gasteiger partial charge in [-0.15, -0.1) is 0 Å². The van der Waals surface area contributed by atoms with Crippen LogP contribution in [0.15, 0.2) is 72.8 Å². The molecule has 10 heteroatoms. The van der Waals surface area contributed by atoms with Crippen molar-refractivity contribution in [2.24, 2.45) is 28.6 Å². The van der Waals surface area contributed by atoms with Gasteiger partial charge in [-0.25, -0.2) is 12.8 Å². The van der Waals surface area contributed by atoms with Crippen molar-refractivity contribution in [3.8, 4) is 11.5 Å². The van der Waals surface area contributed by atoms with E-state index in [1.165, 1.54) is 16.8 Å². The van der Waals surface area contributed by atoms with Gasteiger partial charge in [0.1, 0.15) is 23.4 Å². The molecule has 3 saturated carbocycles. The topological polar surface area (TPSA) is 82.2 Å². The number of fused-ring (bicyclic) bond motifs is 2. The number of rotatable bonds is 14. The van der Waals surface area contributed by atoms with Gasteiger partial charge in [-0.3, -0.25) is 9.69 Å². The minimum absolute atomic E-state index is 0.00510. The number of benzene rings is 3. The highest BCUT2D eigenvalue weighted by atomic mass is 32.2. The van der Waals surface area contributed by atoms with Crippen LogP contribution in [0.4, 0.5) is 4.39 Å². The Bertz CT molecular complexity index is 1880. The third kappa shape index (κ3) is 9.20. The maximum absolute atomic E-state index is 15.8. The summed E-state index contributed by atoms with van der Waals surface area (Å²) in [6.45, 7) is 15.3. The van der Waals surface area contributed by atoms with E-state index in [1.54, 1.807) is 6.07 Å². The fourth-order valence-corrected chi connectivity index (χ4v) is 11.1. The Labute approximate surface area is 323 Å². The van der Waals surface area contributed by atoms with Crippen LogP contribution in [0.2, 0.25) is 0 Å². The van der Waals surface area contributed by atoms with Crippen LogP contribution in [0.5, 0.6) is 11.5 Å². The Hall–Kier alpha value is -3.31. The second-order valence-corrected chi connectivity index (χ2v) is 20.3. The van der Waals surface area contributed by atoms with Gasteiger partial charge in [0.15, 0.2) is 0 Å². The molecule has 0 aromatic heterocycles. The van der Waals surface area contributed by atoms with Crippen LogP contribution in [0, 0.1) is 34.4 Å². The first-order valence-corrected chi connectivity index (χ1v) is 21.3. The molecule has 1 N–H and O–H groups in total. The van der Waals surface area contributed by atoms with Crippen LogP contribution >= 0.6 is 0 Å². The summed E-state index contributed by atoms with van der Waals surface area (Å²) in [5.74, 6) is 2.11. The first-order valence-electron chi connectivity index (χ1n) is 19.7. The quantitative estimate of drug-likeness (QED) is 0.179. The van der Waals surface area contributed by atoms with Gasteiger partial charge < -0.3 is 15.0 Å². The summed E-state index contributed by atoms with van der Waals surface area (Å²) in [6, 6.07) is 21.8. The number of ether oxygens (including phenoxy) is 1. The molecule has 6 atom stereocenters. The molecule has 3 aliphatic carbocycles. The Morgan fingerprint density at radius 3 is 2.37 bits per heavy atom. The fraction of sp³-hybridized carbons (Fsp3) is 0.568. The Morgan fingerprint density at radius 2 is 1.70 bits per heavy atom. The van der Waals surface area contributed by atoms with Gasteiger partial charge >= 0.3 is 0 Å². The van der Waals surface area contributed by atoms with Crippen molar-refractivity contribution in [2.45, 2.75) is 105 Å². The van der Waals surface area contributed by atoms with Crippen molar-refractivity contribution in [3.63, 3.8) is 0 Å². The summed E-state index contributed by atoms with van der Waals surface area (Å²) in [5.41, 5.74) is 2.61. The maximum Gasteiger partial charge on any atom is 0.238 e. The number of carbonyl (C=O) groups excluding carboxylic acids is 1. The Morgan fingerprint density at radius 1 is 1.00 bits per heavy atom. The SMILES string of the molecule is C[C@@H]1[C@@H](NC(=O)C2CCS(=O)(=O)N2Cc2cccc(CN(Cc3c(F)cccc3Oc3ccccc3)[C@H](CN(C)C)CC(C)(C)C)c2)C[C@@H]2C[C@H]1C2(C)C. The van der Waals surface area contributed by atoms with Crippen molar-refractivity contribution >= 4 is 15.9 Å². The number of nitrogens with one attached hydrogen (secondary N) is 1. The van der Waals surface area contributed by atoms with Crippen molar-refractivity contribution in [2.75, 3.05) is 26.4 Å². The molecule has 4 aliphatic rings. The summed E-state index contributed by atoms with van der Waals surface area (Å²) in [6.07, 6.45) is 3.32. The predicted molar refractivity (Wildman–Crippen MR) is 214 cm³/mol. The van der Waals surface area contributed by atoms with Crippen LogP contribution < -0.4 is 10.1 Å². The van der Waals surface area contributed by atoms with Gasteiger partial charge in [-0.05, 0) is 104 Å². The molecule has 7 rings (SSSR count). The van der Waals surface area contributed by atoms with Crippen molar-refractivity contribution in [1.29, 1.82) is 0 Å². The van der Waals surface area contributed by atoms with Crippen LogP contribution in [0.1, 0.15) is 83.9 Å². The summed E-state index contributed by atoms with van der Waals surface area (Å²) < 4.78 is 50.4. The fourth-order valence-electron chi connectivity index (χ4n) is 9.40. The molecule has 0 radical (unpaired) electrons. The monoisotopic (exact) mass is 760 g/mol. The number of hydrogen-bond acceptors (Lipinski definition) is 6. The van der Waals surface area contributed by atoms with Gasteiger partial charge in [0.2, 0.25) is 15.9 Å². The highest BCUT2D eigenvalue weighted by Gasteiger charge is 2.56. The second-order valence-electron chi connectivity index (χ2n) is 18.3. The zero-order valence-electron chi connectivity index (χ0n) is 33.5.